The van der Waals surface area contributed by atoms with Crippen LogP contribution in [0.5, 0.6) is 0 Å². The SMILES string of the molecule is CCc1cc(C#Cc2ccc(C#Cc3cc(CC)cc(CC)c3)cc2)cc(CC)c1. The average Bonchev–Trinajstić information content (AvgIpc) is 2.81. The van der Waals surface area contributed by atoms with Crippen LogP contribution in [0.2, 0.25) is 0 Å². The van der Waals surface area contributed by atoms with Crippen LogP contribution in [-0.2, 0) is 25.7 Å². The Labute approximate surface area is 182 Å². The van der Waals surface area contributed by atoms with E-state index in [1.807, 2.05) is 0 Å². The van der Waals surface area contributed by atoms with Gasteiger partial charge in [0.05, 0.1) is 0 Å². The molecule has 0 aromatic heterocycles. The van der Waals surface area contributed by atoms with E-state index in [1.165, 1.54) is 22.3 Å². The number of benzene rings is 3. The molecule has 0 amide bonds. The molecule has 0 unspecified atom stereocenters. The topological polar surface area (TPSA) is 0 Å². The molecule has 150 valence electrons. The van der Waals surface area contributed by atoms with Crippen molar-refractivity contribution < 1.29 is 0 Å². The third-order valence-corrected chi connectivity index (χ3v) is 5.33. The van der Waals surface area contributed by atoms with Crippen molar-refractivity contribution in [2.75, 3.05) is 0 Å². The van der Waals surface area contributed by atoms with Gasteiger partial charge in [0, 0.05) is 22.3 Å². The minimum Gasteiger partial charge on any atom is -0.0617 e. The third-order valence-electron chi connectivity index (χ3n) is 5.33. The average molecular weight is 391 g/mol. The summed E-state index contributed by atoms with van der Waals surface area (Å²) in [6.07, 6.45) is 4.15. The molecule has 3 aromatic rings. The molecule has 0 radical (unpaired) electrons. The molecule has 0 fully saturated rings. The Balaban J connectivity index is 1.78. The highest BCUT2D eigenvalue weighted by atomic mass is 14.0. The van der Waals surface area contributed by atoms with Gasteiger partial charge in [-0.1, -0.05) is 63.5 Å². The van der Waals surface area contributed by atoms with E-state index in [-0.39, 0.29) is 0 Å². The van der Waals surface area contributed by atoms with Crippen molar-refractivity contribution in [2.24, 2.45) is 0 Å². The van der Waals surface area contributed by atoms with Gasteiger partial charge in [-0.15, -0.1) is 0 Å². The number of hydrogen-bond donors (Lipinski definition) is 0. The van der Waals surface area contributed by atoms with Crippen LogP contribution in [0.25, 0.3) is 0 Å². The largest absolute Gasteiger partial charge is 0.0617 e. The molecular formula is C30H30. The van der Waals surface area contributed by atoms with Gasteiger partial charge in [0.15, 0.2) is 0 Å². The molecule has 0 aliphatic carbocycles. The van der Waals surface area contributed by atoms with Crippen LogP contribution in [0.4, 0.5) is 0 Å². The molecule has 0 atom stereocenters. The van der Waals surface area contributed by atoms with Crippen LogP contribution in [0.15, 0.2) is 60.7 Å². The maximum absolute atomic E-state index is 3.33. The van der Waals surface area contributed by atoms with Crippen molar-refractivity contribution in [3.8, 4) is 23.7 Å². The van der Waals surface area contributed by atoms with Gasteiger partial charge in [0.25, 0.3) is 0 Å². The summed E-state index contributed by atoms with van der Waals surface area (Å²) in [5.41, 5.74) is 9.62. The Morgan fingerprint density at radius 2 is 0.667 bits per heavy atom. The van der Waals surface area contributed by atoms with Crippen LogP contribution in [-0.4, -0.2) is 0 Å². The summed E-state index contributed by atoms with van der Waals surface area (Å²) in [5, 5.41) is 0. The summed E-state index contributed by atoms with van der Waals surface area (Å²) < 4.78 is 0. The van der Waals surface area contributed by atoms with Crippen molar-refractivity contribution in [1.29, 1.82) is 0 Å². The zero-order chi connectivity index (χ0) is 21.3. The van der Waals surface area contributed by atoms with Crippen molar-refractivity contribution in [3.05, 3.63) is 105 Å². The van der Waals surface area contributed by atoms with E-state index in [1.54, 1.807) is 0 Å². The zero-order valence-corrected chi connectivity index (χ0v) is 18.6. The fourth-order valence-corrected chi connectivity index (χ4v) is 3.41. The van der Waals surface area contributed by atoms with E-state index in [0.29, 0.717) is 0 Å². The normalized spacial score (nSPS) is 10.0. The maximum atomic E-state index is 3.33. The Hall–Kier alpha value is -3.22. The lowest BCUT2D eigenvalue weighted by atomic mass is 10.0. The molecule has 0 aliphatic rings. The molecular weight excluding hydrogens is 360 g/mol. The zero-order valence-electron chi connectivity index (χ0n) is 18.6. The van der Waals surface area contributed by atoms with Gasteiger partial charge < -0.3 is 0 Å². The minimum atomic E-state index is 1.02. The van der Waals surface area contributed by atoms with Crippen LogP contribution >= 0.6 is 0 Å². The van der Waals surface area contributed by atoms with Gasteiger partial charge in [-0.3, -0.25) is 0 Å². The lowest BCUT2D eigenvalue weighted by Gasteiger charge is -2.03. The lowest BCUT2D eigenvalue weighted by molar-refractivity contribution is 1.08. The Morgan fingerprint density at radius 1 is 0.400 bits per heavy atom. The predicted octanol–water partition coefficient (Wildman–Crippen LogP) is 6.74. The van der Waals surface area contributed by atoms with Gasteiger partial charge >= 0.3 is 0 Å². The number of rotatable bonds is 4. The summed E-state index contributed by atoms with van der Waals surface area (Å²) >= 11 is 0. The molecule has 0 saturated carbocycles. The molecule has 0 spiro atoms. The second-order valence-electron chi connectivity index (χ2n) is 7.57. The molecule has 3 rings (SSSR count). The summed E-state index contributed by atoms with van der Waals surface area (Å²) in [5.74, 6) is 13.2. The monoisotopic (exact) mass is 390 g/mol. The van der Waals surface area contributed by atoms with E-state index >= 15 is 0 Å². The van der Waals surface area contributed by atoms with Gasteiger partial charge in [-0.05, 0) is 96.5 Å². The maximum Gasteiger partial charge on any atom is 0.0254 e. The molecule has 0 saturated heterocycles. The van der Waals surface area contributed by atoms with E-state index in [9.17, 15) is 0 Å². The molecule has 0 aliphatic heterocycles. The molecule has 0 heterocycles. The highest BCUT2D eigenvalue weighted by Gasteiger charge is 1.98. The lowest BCUT2D eigenvalue weighted by Crippen LogP contribution is -1.89. The van der Waals surface area contributed by atoms with Gasteiger partial charge in [0.2, 0.25) is 0 Å². The van der Waals surface area contributed by atoms with Crippen LogP contribution < -0.4 is 0 Å². The van der Waals surface area contributed by atoms with Crippen LogP contribution in [0.3, 0.4) is 0 Å². The molecule has 0 bridgehead atoms. The molecule has 0 heteroatoms. The minimum absolute atomic E-state index is 1.02. The summed E-state index contributed by atoms with van der Waals surface area (Å²) in [6.45, 7) is 8.75. The number of aryl methyl sites for hydroxylation is 4. The summed E-state index contributed by atoms with van der Waals surface area (Å²) in [6, 6.07) is 21.6. The second kappa shape index (κ2) is 10.5. The summed E-state index contributed by atoms with van der Waals surface area (Å²) in [4.78, 5) is 0. The molecule has 30 heavy (non-hydrogen) atoms. The predicted molar refractivity (Wildman–Crippen MR) is 129 cm³/mol. The first-order chi connectivity index (χ1) is 14.6. The summed E-state index contributed by atoms with van der Waals surface area (Å²) in [7, 11) is 0. The van der Waals surface area contributed by atoms with Crippen LogP contribution in [0, 0.1) is 23.7 Å². The van der Waals surface area contributed by atoms with Crippen molar-refractivity contribution in [1.82, 2.24) is 0 Å². The third kappa shape index (κ3) is 5.89. The van der Waals surface area contributed by atoms with Crippen LogP contribution in [0.1, 0.15) is 72.2 Å². The van der Waals surface area contributed by atoms with Gasteiger partial charge in [-0.2, -0.15) is 0 Å². The molecule has 0 nitrogen and oxygen atoms in total. The number of hydrogen-bond acceptors (Lipinski definition) is 0. The molecule has 0 N–H and O–H groups in total. The highest BCUT2D eigenvalue weighted by molar-refractivity contribution is 5.49. The fourth-order valence-electron chi connectivity index (χ4n) is 3.41. The smallest absolute Gasteiger partial charge is 0.0254 e. The van der Waals surface area contributed by atoms with Crippen molar-refractivity contribution >= 4 is 0 Å². The van der Waals surface area contributed by atoms with E-state index in [4.69, 9.17) is 0 Å². The first-order valence-corrected chi connectivity index (χ1v) is 11.0. The fraction of sp³-hybridized carbons (Fsp3) is 0.267. The first kappa shape index (κ1) is 21.5. The Kier molecular flexibility index (Phi) is 7.54. The van der Waals surface area contributed by atoms with E-state index in [0.717, 1.165) is 47.9 Å². The van der Waals surface area contributed by atoms with Gasteiger partial charge in [-0.25, -0.2) is 0 Å². The molecule has 3 aromatic carbocycles. The van der Waals surface area contributed by atoms with E-state index < -0.39 is 0 Å². The standard InChI is InChI=1S/C30H30/c1-5-23-17-24(6-2)20-29(19-23)15-13-27-9-11-28(12-10-27)14-16-30-21-25(7-3)18-26(8-4)22-30/h9-12,17-22H,5-8H2,1-4H3. The highest BCUT2D eigenvalue weighted by Crippen LogP contribution is 2.13. The second-order valence-corrected chi connectivity index (χ2v) is 7.57. The Morgan fingerprint density at radius 3 is 0.933 bits per heavy atom. The van der Waals surface area contributed by atoms with Gasteiger partial charge in [0.1, 0.15) is 0 Å². The van der Waals surface area contributed by atoms with E-state index in [2.05, 4.69) is 112 Å². The van der Waals surface area contributed by atoms with Crippen molar-refractivity contribution in [3.63, 3.8) is 0 Å². The first-order valence-electron chi connectivity index (χ1n) is 11.0. The quantitative estimate of drug-likeness (QED) is 0.433. The van der Waals surface area contributed by atoms with Crippen molar-refractivity contribution in [2.45, 2.75) is 53.4 Å². The Bertz CT molecular complexity index is 986.